The second-order valence-electron chi connectivity index (χ2n) is 6.87. The minimum atomic E-state index is 0.180. The molecule has 1 aliphatic heterocycles. The molecule has 0 amide bonds. The van der Waals surface area contributed by atoms with Crippen LogP contribution < -0.4 is 10.6 Å². The van der Waals surface area contributed by atoms with Crippen molar-refractivity contribution in [3.05, 3.63) is 42.3 Å². The molecule has 1 aliphatic rings. The topological polar surface area (TPSA) is 59.7 Å². The Hall–Kier alpha value is -2.27. The minimum Gasteiger partial charge on any atom is -0.443 e. The van der Waals surface area contributed by atoms with Gasteiger partial charge in [-0.05, 0) is 30.9 Å². The molecule has 1 saturated heterocycles. The fourth-order valence-electron chi connectivity index (χ4n) is 3.42. The van der Waals surface area contributed by atoms with Crippen LogP contribution in [-0.2, 0) is 0 Å². The molecule has 2 aromatic heterocycles. The van der Waals surface area contributed by atoms with E-state index in [2.05, 4.69) is 36.0 Å². The fraction of sp³-hybridized carbons (Fsp3) is 0.389. The molecular formula is C18H22N4O. The van der Waals surface area contributed by atoms with Gasteiger partial charge in [0, 0.05) is 18.7 Å². The summed E-state index contributed by atoms with van der Waals surface area (Å²) in [6, 6.07) is 8.29. The molecule has 0 spiro atoms. The standard InChI is InChI=1S/C18H22N4O/c1-13-5-3-4-6-14(13)16-10-23-17-15(9-20-22(16)17)21-8-7-18(2,11-19)12-21/h3-6,9-10H,7-8,11-12,19H2,1-2H3. The van der Waals surface area contributed by atoms with E-state index < -0.39 is 0 Å². The summed E-state index contributed by atoms with van der Waals surface area (Å²) < 4.78 is 7.77. The van der Waals surface area contributed by atoms with Crippen molar-refractivity contribution in [2.75, 3.05) is 24.5 Å². The van der Waals surface area contributed by atoms with Gasteiger partial charge < -0.3 is 15.1 Å². The molecule has 1 unspecified atom stereocenters. The van der Waals surface area contributed by atoms with E-state index in [4.69, 9.17) is 10.2 Å². The molecule has 3 aromatic rings. The van der Waals surface area contributed by atoms with E-state index in [1.807, 2.05) is 22.8 Å². The highest BCUT2D eigenvalue weighted by Gasteiger charge is 2.34. The lowest BCUT2D eigenvalue weighted by molar-refractivity contribution is 0.383. The minimum absolute atomic E-state index is 0.180. The molecule has 0 saturated carbocycles. The molecule has 120 valence electrons. The number of fused-ring (bicyclic) bond motifs is 1. The number of aromatic nitrogens is 2. The SMILES string of the molecule is Cc1ccccc1-c1coc2c(N3CCC(C)(CN)C3)cnn12. The zero-order valence-electron chi connectivity index (χ0n) is 13.6. The highest BCUT2D eigenvalue weighted by molar-refractivity contribution is 5.73. The number of hydrogen-bond acceptors (Lipinski definition) is 4. The highest BCUT2D eigenvalue weighted by atomic mass is 16.3. The Balaban J connectivity index is 1.74. The van der Waals surface area contributed by atoms with Gasteiger partial charge in [-0.25, -0.2) is 0 Å². The lowest BCUT2D eigenvalue weighted by atomic mass is 9.90. The van der Waals surface area contributed by atoms with Gasteiger partial charge in [-0.2, -0.15) is 9.61 Å². The van der Waals surface area contributed by atoms with Gasteiger partial charge in [0.05, 0.1) is 6.20 Å². The van der Waals surface area contributed by atoms with E-state index in [0.717, 1.165) is 42.2 Å². The average molecular weight is 310 g/mol. The van der Waals surface area contributed by atoms with Crippen LogP contribution in [0.1, 0.15) is 18.9 Å². The second kappa shape index (κ2) is 5.13. The normalized spacial score (nSPS) is 21.4. The van der Waals surface area contributed by atoms with E-state index in [0.29, 0.717) is 6.54 Å². The summed E-state index contributed by atoms with van der Waals surface area (Å²) in [6.45, 7) is 7.00. The molecule has 23 heavy (non-hydrogen) atoms. The van der Waals surface area contributed by atoms with Crippen LogP contribution in [0.4, 0.5) is 5.69 Å². The summed E-state index contributed by atoms with van der Waals surface area (Å²) in [7, 11) is 0. The van der Waals surface area contributed by atoms with Crippen LogP contribution in [0.2, 0.25) is 0 Å². The number of anilines is 1. The molecule has 0 radical (unpaired) electrons. The Kier molecular flexibility index (Phi) is 3.20. The third-order valence-electron chi connectivity index (χ3n) is 5.03. The summed E-state index contributed by atoms with van der Waals surface area (Å²) in [5.74, 6) is 0. The van der Waals surface area contributed by atoms with Gasteiger partial charge >= 0.3 is 0 Å². The first-order chi connectivity index (χ1) is 11.1. The van der Waals surface area contributed by atoms with Crippen molar-refractivity contribution < 1.29 is 4.42 Å². The first-order valence-electron chi connectivity index (χ1n) is 8.07. The second-order valence-corrected chi connectivity index (χ2v) is 6.87. The monoisotopic (exact) mass is 310 g/mol. The Morgan fingerprint density at radius 2 is 2.17 bits per heavy atom. The van der Waals surface area contributed by atoms with Crippen LogP contribution in [0, 0.1) is 12.3 Å². The number of benzene rings is 1. The molecule has 5 nitrogen and oxygen atoms in total. The number of oxazole rings is 1. The van der Waals surface area contributed by atoms with Gasteiger partial charge in [-0.15, -0.1) is 0 Å². The lowest BCUT2D eigenvalue weighted by Gasteiger charge is -2.22. The van der Waals surface area contributed by atoms with Gasteiger partial charge in [-0.1, -0.05) is 31.2 Å². The Labute approximate surface area is 135 Å². The van der Waals surface area contributed by atoms with Crippen molar-refractivity contribution in [1.82, 2.24) is 9.61 Å². The van der Waals surface area contributed by atoms with E-state index in [9.17, 15) is 0 Å². The zero-order chi connectivity index (χ0) is 16.0. The van der Waals surface area contributed by atoms with Gasteiger partial charge in [0.2, 0.25) is 5.71 Å². The Bertz CT molecular complexity index is 850. The molecule has 0 bridgehead atoms. The molecule has 0 aliphatic carbocycles. The summed E-state index contributed by atoms with van der Waals surface area (Å²) in [6.07, 6.45) is 4.81. The number of rotatable bonds is 3. The summed E-state index contributed by atoms with van der Waals surface area (Å²) in [5, 5.41) is 4.56. The van der Waals surface area contributed by atoms with Crippen molar-refractivity contribution in [2.24, 2.45) is 11.1 Å². The zero-order valence-corrected chi connectivity index (χ0v) is 13.6. The largest absolute Gasteiger partial charge is 0.443 e. The number of nitrogens with two attached hydrogens (primary N) is 1. The summed E-state index contributed by atoms with van der Waals surface area (Å²) in [4.78, 5) is 2.33. The maximum Gasteiger partial charge on any atom is 0.246 e. The number of hydrogen-bond donors (Lipinski definition) is 1. The van der Waals surface area contributed by atoms with Crippen LogP contribution in [0.25, 0.3) is 17.0 Å². The fourth-order valence-corrected chi connectivity index (χ4v) is 3.42. The highest BCUT2D eigenvalue weighted by Crippen LogP contribution is 2.36. The molecular weight excluding hydrogens is 288 g/mol. The smallest absolute Gasteiger partial charge is 0.246 e. The molecule has 1 atom stereocenters. The average Bonchev–Trinajstić information content (AvgIpc) is 3.23. The Morgan fingerprint density at radius 1 is 1.35 bits per heavy atom. The summed E-state index contributed by atoms with van der Waals surface area (Å²) >= 11 is 0. The molecule has 5 heteroatoms. The van der Waals surface area contributed by atoms with Gasteiger partial charge in [0.1, 0.15) is 17.6 Å². The van der Waals surface area contributed by atoms with E-state index in [-0.39, 0.29) is 5.41 Å². The van der Waals surface area contributed by atoms with E-state index in [1.54, 1.807) is 6.26 Å². The summed E-state index contributed by atoms with van der Waals surface area (Å²) in [5.41, 5.74) is 11.3. The lowest BCUT2D eigenvalue weighted by Crippen LogP contribution is -2.31. The maximum atomic E-state index is 5.92. The molecule has 4 rings (SSSR count). The van der Waals surface area contributed by atoms with Crippen LogP contribution in [-0.4, -0.2) is 29.2 Å². The molecule has 1 aromatic carbocycles. The van der Waals surface area contributed by atoms with Gasteiger partial charge in [-0.3, -0.25) is 0 Å². The van der Waals surface area contributed by atoms with Gasteiger partial charge in [0.15, 0.2) is 0 Å². The first-order valence-corrected chi connectivity index (χ1v) is 8.07. The van der Waals surface area contributed by atoms with Crippen molar-refractivity contribution in [2.45, 2.75) is 20.3 Å². The van der Waals surface area contributed by atoms with Crippen LogP contribution in [0.5, 0.6) is 0 Å². The van der Waals surface area contributed by atoms with Crippen LogP contribution in [0.15, 0.2) is 41.1 Å². The quantitative estimate of drug-likeness (QED) is 0.807. The van der Waals surface area contributed by atoms with E-state index >= 15 is 0 Å². The van der Waals surface area contributed by atoms with Gasteiger partial charge in [0.25, 0.3) is 0 Å². The Morgan fingerprint density at radius 3 is 2.91 bits per heavy atom. The third kappa shape index (κ3) is 2.23. The molecule has 3 heterocycles. The molecule has 2 N–H and O–H groups in total. The third-order valence-corrected chi connectivity index (χ3v) is 5.03. The van der Waals surface area contributed by atoms with Crippen molar-refractivity contribution >= 4 is 11.4 Å². The molecule has 1 fully saturated rings. The number of nitrogens with zero attached hydrogens (tertiary/aromatic N) is 3. The van der Waals surface area contributed by atoms with Crippen molar-refractivity contribution in [1.29, 1.82) is 0 Å². The predicted molar refractivity (Wildman–Crippen MR) is 91.6 cm³/mol. The predicted octanol–water partition coefficient (Wildman–Crippen LogP) is 3.08. The maximum absolute atomic E-state index is 5.92. The first kappa shape index (κ1) is 14.3. The van der Waals surface area contributed by atoms with E-state index in [1.165, 1.54) is 5.56 Å². The van der Waals surface area contributed by atoms with Crippen LogP contribution >= 0.6 is 0 Å². The van der Waals surface area contributed by atoms with Crippen LogP contribution in [0.3, 0.4) is 0 Å². The number of aryl methyl sites for hydroxylation is 1. The van der Waals surface area contributed by atoms with Crippen molar-refractivity contribution in [3.63, 3.8) is 0 Å². The van der Waals surface area contributed by atoms with Crippen molar-refractivity contribution in [3.8, 4) is 11.3 Å².